The molecule has 5 rings (SSSR count). The third-order valence-electron chi connectivity index (χ3n) is 6.36. The lowest BCUT2D eigenvalue weighted by molar-refractivity contribution is -0.116. The average molecular weight is 395 g/mol. The number of allylic oxidation sites excluding steroid dienone is 1. The molecule has 2 unspecified atom stereocenters. The van der Waals surface area contributed by atoms with Crippen molar-refractivity contribution in [3.63, 3.8) is 0 Å². The lowest BCUT2D eigenvalue weighted by Crippen LogP contribution is -2.27. The molecule has 3 nitrogen and oxygen atoms in total. The maximum Gasteiger partial charge on any atom is 0.163 e. The monoisotopic (exact) mass is 394 g/mol. The predicted octanol–water partition coefficient (Wildman–Crippen LogP) is 6.28. The molecule has 3 aromatic carbocycles. The number of hydrogen-bond acceptors (Lipinski definition) is 3. The molecule has 0 amide bonds. The van der Waals surface area contributed by atoms with Crippen molar-refractivity contribution >= 4 is 17.2 Å². The number of rotatable bonds is 2. The van der Waals surface area contributed by atoms with Gasteiger partial charge in [0.05, 0.1) is 17.4 Å². The molecular formula is C27H26N2O. The molecule has 1 heterocycles. The van der Waals surface area contributed by atoms with E-state index in [2.05, 4.69) is 79.1 Å². The smallest absolute Gasteiger partial charge is 0.163 e. The van der Waals surface area contributed by atoms with E-state index in [-0.39, 0.29) is 17.7 Å². The summed E-state index contributed by atoms with van der Waals surface area (Å²) in [6.07, 6.45) is 1.38. The molecule has 150 valence electrons. The predicted molar refractivity (Wildman–Crippen MR) is 123 cm³/mol. The number of nitrogens with one attached hydrogen (secondary N) is 2. The summed E-state index contributed by atoms with van der Waals surface area (Å²) in [5, 5.41) is 7.29. The van der Waals surface area contributed by atoms with Crippen LogP contribution in [-0.4, -0.2) is 5.78 Å². The Labute approximate surface area is 177 Å². The largest absolute Gasteiger partial charge is 0.372 e. The van der Waals surface area contributed by atoms with Crippen molar-refractivity contribution in [1.82, 2.24) is 0 Å². The normalized spacial score (nSPS) is 20.5. The van der Waals surface area contributed by atoms with Gasteiger partial charge in [0, 0.05) is 17.7 Å². The van der Waals surface area contributed by atoms with Crippen molar-refractivity contribution in [2.45, 2.75) is 38.6 Å². The summed E-state index contributed by atoms with van der Waals surface area (Å²) >= 11 is 0. The van der Waals surface area contributed by atoms with Crippen LogP contribution in [0.5, 0.6) is 0 Å². The van der Waals surface area contributed by atoms with Crippen LogP contribution in [0.3, 0.4) is 0 Å². The molecule has 1 aliphatic heterocycles. The Morgan fingerprint density at radius 3 is 2.27 bits per heavy atom. The lowest BCUT2D eigenvalue weighted by atomic mass is 9.78. The molecule has 0 saturated carbocycles. The van der Waals surface area contributed by atoms with Gasteiger partial charge in [0.25, 0.3) is 0 Å². The van der Waals surface area contributed by atoms with Gasteiger partial charge in [0.15, 0.2) is 5.78 Å². The van der Waals surface area contributed by atoms with Crippen molar-refractivity contribution < 1.29 is 4.79 Å². The lowest BCUT2D eigenvalue weighted by Gasteiger charge is -2.30. The van der Waals surface area contributed by atoms with Crippen LogP contribution in [0.1, 0.15) is 47.1 Å². The SMILES string of the molecule is Cc1ccc(C2CC(=O)C3=C(C2)Nc2ccccc2NC3c2ccccc2C)cc1. The van der Waals surface area contributed by atoms with Crippen LogP contribution in [0.4, 0.5) is 11.4 Å². The highest BCUT2D eigenvalue weighted by Crippen LogP contribution is 2.44. The van der Waals surface area contributed by atoms with Crippen LogP contribution < -0.4 is 10.6 Å². The first-order chi connectivity index (χ1) is 14.6. The minimum Gasteiger partial charge on any atom is -0.372 e. The van der Waals surface area contributed by atoms with Gasteiger partial charge < -0.3 is 10.6 Å². The van der Waals surface area contributed by atoms with Crippen molar-refractivity contribution in [2.24, 2.45) is 0 Å². The Morgan fingerprint density at radius 2 is 1.50 bits per heavy atom. The molecule has 3 aromatic rings. The third kappa shape index (κ3) is 3.30. The van der Waals surface area contributed by atoms with Gasteiger partial charge in [-0.25, -0.2) is 0 Å². The van der Waals surface area contributed by atoms with Crippen molar-refractivity contribution in [3.05, 3.63) is 106 Å². The zero-order valence-corrected chi connectivity index (χ0v) is 17.4. The fourth-order valence-corrected chi connectivity index (χ4v) is 4.71. The molecule has 0 spiro atoms. The number of benzene rings is 3. The van der Waals surface area contributed by atoms with E-state index in [0.29, 0.717) is 6.42 Å². The number of carbonyl (C=O) groups excluding carboxylic acids is 1. The van der Waals surface area contributed by atoms with Crippen LogP contribution in [0.15, 0.2) is 84.1 Å². The number of ketones is 1. The molecule has 0 saturated heterocycles. The summed E-state index contributed by atoms with van der Waals surface area (Å²) in [7, 11) is 0. The Balaban J connectivity index is 1.62. The van der Waals surface area contributed by atoms with Crippen LogP contribution in [-0.2, 0) is 4.79 Å². The summed E-state index contributed by atoms with van der Waals surface area (Å²) < 4.78 is 0. The second-order valence-corrected chi connectivity index (χ2v) is 8.44. The number of anilines is 2. The molecule has 0 bridgehead atoms. The highest BCUT2D eigenvalue weighted by atomic mass is 16.1. The van der Waals surface area contributed by atoms with Gasteiger partial charge in [-0.3, -0.25) is 4.79 Å². The molecule has 2 aliphatic rings. The highest BCUT2D eigenvalue weighted by molar-refractivity contribution is 6.01. The molecule has 2 N–H and O–H groups in total. The molecule has 2 atom stereocenters. The van der Waals surface area contributed by atoms with Gasteiger partial charge in [0.1, 0.15) is 0 Å². The van der Waals surface area contributed by atoms with Crippen LogP contribution >= 0.6 is 0 Å². The highest BCUT2D eigenvalue weighted by Gasteiger charge is 2.36. The fraction of sp³-hybridized carbons (Fsp3) is 0.222. The van der Waals surface area contributed by atoms with Crippen molar-refractivity contribution in [3.8, 4) is 0 Å². The summed E-state index contributed by atoms with van der Waals surface area (Å²) in [6, 6.07) is 25.0. The third-order valence-corrected chi connectivity index (χ3v) is 6.36. The maximum absolute atomic E-state index is 13.5. The van der Waals surface area contributed by atoms with Gasteiger partial charge in [-0.15, -0.1) is 0 Å². The van der Waals surface area contributed by atoms with E-state index in [1.54, 1.807) is 0 Å². The average Bonchev–Trinajstić information content (AvgIpc) is 2.91. The second-order valence-electron chi connectivity index (χ2n) is 8.44. The maximum atomic E-state index is 13.5. The Hall–Kier alpha value is -3.33. The van der Waals surface area contributed by atoms with Crippen molar-refractivity contribution in [2.75, 3.05) is 10.6 Å². The van der Waals surface area contributed by atoms with E-state index < -0.39 is 0 Å². The molecule has 1 aliphatic carbocycles. The molecule has 0 aromatic heterocycles. The first-order valence-electron chi connectivity index (χ1n) is 10.6. The van der Waals surface area contributed by atoms with Gasteiger partial charge >= 0.3 is 0 Å². The number of carbonyl (C=O) groups is 1. The number of Topliss-reactive ketones (excluding diaryl/α,β-unsaturated/α-hetero) is 1. The zero-order valence-electron chi connectivity index (χ0n) is 17.4. The zero-order chi connectivity index (χ0) is 20.7. The molecule has 0 fully saturated rings. The van der Waals surface area contributed by atoms with E-state index in [1.165, 1.54) is 16.7 Å². The minimum atomic E-state index is -0.149. The summed E-state index contributed by atoms with van der Waals surface area (Å²) in [5.41, 5.74) is 8.80. The first-order valence-corrected chi connectivity index (χ1v) is 10.6. The van der Waals surface area contributed by atoms with Gasteiger partial charge in [-0.05, 0) is 55.0 Å². The Morgan fingerprint density at radius 1 is 0.800 bits per heavy atom. The topological polar surface area (TPSA) is 41.1 Å². The van der Waals surface area contributed by atoms with Gasteiger partial charge in [-0.2, -0.15) is 0 Å². The van der Waals surface area contributed by atoms with Crippen LogP contribution in [0.2, 0.25) is 0 Å². The Bertz CT molecular complexity index is 1140. The fourth-order valence-electron chi connectivity index (χ4n) is 4.71. The van der Waals surface area contributed by atoms with Crippen LogP contribution in [0.25, 0.3) is 0 Å². The summed E-state index contributed by atoms with van der Waals surface area (Å²) in [4.78, 5) is 13.5. The summed E-state index contributed by atoms with van der Waals surface area (Å²) in [6.45, 7) is 4.21. The van der Waals surface area contributed by atoms with Crippen molar-refractivity contribution in [1.29, 1.82) is 0 Å². The first kappa shape index (κ1) is 18.7. The number of para-hydroxylation sites is 2. The van der Waals surface area contributed by atoms with E-state index >= 15 is 0 Å². The molecule has 3 heteroatoms. The van der Waals surface area contributed by atoms with Crippen LogP contribution in [0, 0.1) is 13.8 Å². The molecular weight excluding hydrogens is 368 g/mol. The number of hydrogen-bond donors (Lipinski definition) is 2. The van der Waals surface area contributed by atoms with E-state index in [4.69, 9.17) is 0 Å². The second kappa shape index (κ2) is 7.49. The number of fused-ring (bicyclic) bond motifs is 1. The van der Waals surface area contributed by atoms with Gasteiger partial charge in [0.2, 0.25) is 0 Å². The summed E-state index contributed by atoms with van der Waals surface area (Å²) in [5.74, 6) is 0.426. The Kier molecular flexibility index (Phi) is 4.66. The van der Waals surface area contributed by atoms with E-state index in [9.17, 15) is 4.79 Å². The minimum absolute atomic E-state index is 0.149. The molecule has 0 radical (unpaired) electrons. The number of aryl methyl sites for hydroxylation is 2. The van der Waals surface area contributed by atoms with Gasteiger partial charge in [-0.1, -0.05) is 66.2 Å². The quantitative estimate of drug-likeness (QED) is 0.537. The molecule has 30 heavy (non-hydrogen) atoms. The van der Waals surface area contributed by atoms with E-state index in [0.717, 1.165) is 34.6 Å². The van der Waals surface area contributed by atoms with E-state index in [1.807, 2.05) is 18.2 Å². The standard InChI is InChI=1S/C27H26N2O/c1-17-11-13-19(14-12-17)20-15-24-26(25(30)16-20)27(21-8-4-3-7-18(21)2)29-23-10-6-5-9-22(23)28-24/h3-14,20,27-29H,15-16H2,1-2H3.